The Morgan fingerprint density at radius 2 is 1.78 bits per heavy atom. The number of nitrogens with zero attached hydrogens (tertiary/aromatic N) is 1. The Labute approximate surface area is 104 Å². The number of carbonyl (C=O) groups excluding carboxylic acids is 1. The molecule has 1 amide bonds. The lowest BCUT2D eigenvalue weighted by atomic mass is 10.1. The first-order chi connectivity index (χ1) is 8.30. The van der Waals surface area contributed by atoms with E-state index in [1.54, 1.807) is 0 Å². The van der Waals surface area contributed by atoms with Crippen LogP contribution in [0.3, 0.4) is 0 Å². The Balaban J connectivity index is 2.60. The lowest BCUT2D eigenvalue weighted by Crippen LogP contribution is -2.31. The van der Waals surface area contributed by atoms with E-state index in [-0.39, 0.29) is 11.5 Å². The zero-order valence-corrected chi connectivity index (χ0v) is 10.2. The van der Waals surface area contributed by atoms with Crippen molar-refractivity contribution in [3.8, 4) is 0 Å². The standard InChI is InChI=1S/C12H15F3N2O/c1-17(2)8-7-16-11(18)9-3-5-10(6-4-9)12(13,14)15/h3-6H,7-8H2,1-2H3,(H,16,18). The second-order valence-electron chi connectivity index (χ2n) is 4.13. The molecular weight excluding hydrogens is 245 g/mol. The van der Waals surface area contributed by atoms with Crippen molar-refractivity contribution in [3.05, 3.63) is 35.4 Å². The first-order valence-electron chi connectivity index (χ1n) is 5.41. The van der Waals surface area contributed by atoms with Crippen molar-refractivity contribution >= 4 is 5.91 Å². The maximum atomic E-state index is 12.3. The maximum absolute atomic E-state index is 12.3. The summed E-state index contributed by atoms with van der Waals surface area (Å²) in [5.74, 6) is -0.370. The largest absolute Gasteiger partial charge is 0.416 e. The highest BCUT2D eigenvalue weighted by molar-refractivity contribution is 5.94. The first-order valence-corrected chi connectivity index (χ1v) is 5.41. The molecule has 3 nitrogen and oxygen atoms in total. The van der Waals surface area contributed by atoms with Crippen molar-refractivity contribution in [2.75, 3.05) is 27.2 Å². The summed E-state index contributed by atoms with van der Waals surface area (Å²) in [6.07, 6.45) is -4.38. The van der Waals surface area contributed by atoms with Gasteiger partial charge >= 0.3 is 6.18 Å². The number of halogens is 3. The fourth-order valence-corrected chi connectivity index (χ4v) is 1.31. The summed E-state index contributed by atoms with van der Waals surface area (Å²) >= 11 is 0. The predicted molar refractivity (Wildman–Crippen MR) is 62.3 cm³/mol. The van der Waals surface area contributed by atoms with E-state index in [0.717, 1.165) is 12.1 Å². The molecule has 0 unspecified atom stereocenters. The zero-order chi connectivity index (χ0) is 13.8. The van der Waals surface area contributed by atoms with Crippen molar-refractivity contribution in [3.63, 3.8) is 0 Å². The normalized spacial score (nSPS) is 11.7. The van der Waals surface area contributed by atoms with Crippen molar-refractivity contribution < 1.29 is 18.0 Å². The van der Waals surface area contributed by atoms with E-state index in [0.29, 0.717) is 13.1 Å². The number of rotatable bonds is 4. The molecule has 0 heterocycles. The van der Waals surface area contributed by atoms with Crippen LogP contribution in [-0.2, 0) is 6.18 Å². The van der Waals surface area contributed by atoms with Gasteiger partial charge in [-0.25, -0.2) is 0 Å². The molecule has 1 aromatic carbocycles. The molecule has 100 valence electrons. The van der Waals surface area contributed by atoms with Gasteiger partial charge in [0.2, 0.25) is 0 Å². The summed E-state index contributed by atoms with van der Waals surface area (Å²) in [6.45, 7) is 1.12. The van der Waals surface area contributed by atoms with Crippen LogP contribution in [-0.4, -0.2) is 38.0 Å². The topological polar surface area (TPSA) is 32.3 Å². The summed E-state index contributed by atoms with van der Waals surface area (Å²) in [5.41, 5.74) is -0.533. The third-order valence-corrected chi connectivity index (χ3v) is 2.32. The Bertz CT molecular complexity index is 399. The van der Waals surface area contributed by atoms with Gasteiger partial charge < -0.3 is 10.2 Å². The fourth-order valence-electron chi connectivity index (χ4n) is 1.31. The monoisotopic (exact) mass is 260 g/mol. The number of nitrogens with one attached hydrogen (secondary N) is 1. The number of benzene rings is 1. The molecule has 0 aliphatic heterocycles. The van der Waals surface area contributed by atoms with Crippen LogP contribution in [0.2, 0.25) is 0 Å². The number of hydrogen-bond donors (Lipinski definition) is 1. The molecule has 0 bridgehead atoms. The van der Waals surface area contributed by atoms with Gasteiger partial charge in [0, 0.05) is 18.7 Å². The third-order valence-electron chi connectivity index (χ3n) is 2.32. The molecule has 0 spiro atoms. The Morgan fingerprint density at radius 1 is 1.22 bits per heavy atom. The number of alkyl halides is 3. The van der Waals surface area contributed by atoms with E-state index >= 15 is 0 Å². The van der Waals surface area contributed by atoms with Gasteiger partial charge in [-0.1, -0.05) is 0 Å². The second-order valence-corrected chi connectivity index (χ2v) is 4.13. The van der Waals surface area contributed by atoms with Crippen molar-refractivity contribution in [2.45, 2.75) is 6.18 Å². The fraction of sp³-hybridized carbons (Fsp3) is 0.417. The van der Waals surface area contributed by atoms with Crippen molar-refractivity contribution in [1.29, 1.82) is 0 Å². The van der Waals surface area contributed by atoms with Gasteiger partial charge in [-0.15, -0.1) is 0 Å². The van der Waals surface area contributed by atoms with Gasteiger partial charge in [0.25, 0.3) is 5.91 Å². The summed E-state index contributed by atoms with van der Waals surface area (Å²) in [4.78, 5) is 13.5. The molecule has 0 aliphatic rings. The smallest absolute Gasteiger partial charge is 0.351 e. The number of carbonyl (C=O) groups is 1. The van der Waals surface area contributed by atoms with Crippen LogP contribution in [0.4, 0.5) is 13.2 Å². The Hall–Kier alpha value is -1.56. The summed E-state index contributed by atoms with van der Waals surface area (Å²) < 4.78 is 36.9. The molecule has 1 rings (SSSR count). The van der Waals surface area contributed by atoms with Gasteiger partial charge in [0.15, 0.2) is 0 Å². The van der Waals surface area contributed by atoms with Crippen molar-refractivity contribution in [1.82, 2.24) is 10.2 Å². The molecule has 0 fully saturated rings. The molecule has 18 heavy (non-hydrogen) atoms. The minimum atomic E-state index is -4.38. The SMILES string of the molecule is CN(C)CCNC(=O)c1ccc(C(F)(F)F)cc1. The van der Waals surface area contributed by atoms with Crippen LogP contribution in [0.15, 0.2) is 24.3 Å². The molecule has 1 N–H and O–H groups in total. The first kappa shape index (κ1) is 14.5. The second kappa shape index (κ2) is 5.86. The van der Waals surface area contributed by atoms with E-state index in [9.17, 15) is 18.0 Å². The highest BCUT2D eigenvalue weighted by Crippen LogP contribution is 2.28. The molecular formula is C12H15F3N2O. The van der Waals surface area contributed by atoms with Gasteiger partial charge in [0.1, 0.15) is 0 Å². The molecule has 6 heteroatoms. The molecule has 0 aliphatic carbocycles. The molecule has 1 aromatic rings. The molecule has 0 saturated carbocycles. The van der Waals surface area contributed by atoms with Crippen molar-refractivity contribution in [2.24, 2.45) is 0 Å². The van der Waals surface area contributed by atoms with Gasteiger partial charge in [0.05, 0.1) is 5.56 Å². The minimum absolute atomic E-state index is 0.224. The van der Waals surface area contributed by atoms with E-state index in [1.165, 1.54) is 12.1 Å². The lowest BCUT2D eigenvalue weighted by Gasteiger charge is -2.11. The molecule has 0 aromatic heterocycles. The van der Waals surface area contributed by atoms with Gasteiger partial charge in [-0.2, -0.15) is 13.2 Å². The minimum Gasteiger partial charge on any atom is -0.351 e. The molecule has 0 saturated heterocycles. The van der Waals surface area contributed by atoms with E-state index < -0.39 is 11.7 Å². The van der Waals surface area contributed by atoms with E-state index in [1.807, 2.05) is 19.0 Å². The predicted octanol–water partition coefficient (Wildman–Crippen LogP) is 2.00. The maximum Gasteiger partial charge on any atom is 0.416 e. The number of amides is 1. The summed E-state index contributed by atoms with van der Waals surface area (Å²) in [7, 11) is 3.73. The van der Waals surface area contributed by atoms with E-state index in [2.05, 4.69) is 5.32 Å². The Morgan fingerprint density at radius 3 is 2.22 bits per heavy atom. The third kappa shape index (κ3) is 4.37. The number of hydrogen-bond acceptors (Lipinski definition) is 2. The van der Waals surface area contributed by atoms with E-state index in [4.69, 9.17) is 0 Å². The van der Waals surface area contributed by atoms with Gasteiger partial charge in [-0.3, -0.25) is 4.79 Å². The van der Waals surface area contributed by atoms with Crippen LogP contribution < -0.4 is 5.32 Å². The summed E-state index contributed by atoms with van der Waals surface area (Å²) in [6, 6.07) is 4.16. The van der Waals surface area contributed by atoms with Gasteiger partial charge in [-0.05, 0) is 38.4 Å². The van der Waals surface area contributed by atoms with Crippen LogP contribution in [0.5, 0.6) is 0 Å². The Kier molecular flexibility index (Phi) is 4.72. The van der Waals surface area contributed by atoms with Crippen LogP contribution >= 0.6 is 0 Å². The zero-order valence-electron chi connectivity index (χ0n) is 10.2. The quantitative estimate of drug-likeness (QED) is 0.898. The van der Waals surface area contributed by atoms with Crippen LogP contribution in [0.25, 0.3) is 0 Å². The highest BCUT2D eigenvalue weighted by Gasteiger charge is 2.30. The number of likely N-dealkylation sites (N-methyl/N-ethyl adjacent to an activating group) is 1. The molecule has 0 radical (unpaired) electrons. The highest BCUT2D eigenvalue weighted by atomic mass is 19.4. The summed E-state index contributed by atoms with van der Waals surface area (Å²) in [5, 5.41) is 2.63. The average molecular weight is 260 g/mol. The average Bonchev–Trinajstić information content (AvgIpc) is 2.27. The van der Waals surface area contributed by atoms with Crippen LogP contribution in [0, 0.1) is 0 Å². The molecule has 0 atom stereocenters. The lowest BCUT2D eigenvalue weighted by molar-refractivity contribution is -0.137. The van der Waals surface area contributed by atoms with Crippen LogP contribution in [0.1, 0.15) is 15.9 Å².